The van der Waals surface area contributed by atoms with E-state index >= 15 is 0 Å². The van der Waals surface area contributed by atoms with Crippen LogP contribution in [0.15, 0.2) is 59.5 Å². The Balaban J connectivity index is 1.57. The number of benzene rings is 2. The van der Waals surface area contributed by atoms with Crippen LogP contribution in [-0.4, -0.2) is 46.1 Å². The second-order valence-electron chi connectivity index (χ2n) is 8.36. The number of anilines is 1. The number of para-hydroxylation sites is 1. The molecule has 0 spiro atoms. The number of amides is 3. The van der Waals surface area contributed by atoms with Crippen LogP contribution in [0.4, 0.5) is 10.5 Å². The van der Waals surface area contributed by atoms with Gasteiger partial charge < -0.3 is 14.6 Å². The first-order valence-electron chi connectivity index (χ1n) is 11.2. The van der Waals surface area contributed by atoms with Crippen molar-refractivity contribution in [1.29, 1.82) is 0 Å². The predicted molar refractivity (Wildman–Crippen MR) is 139 cm³/mol. The van der Waals surface area contributed by atoms with Crippen LogP contribution in [0.25, 0.3) is 11.8 Å². The van der Waals surface area contributed by atoms with E-state index in [-0.39, 0.29) is 11.4 Å². The molecule has 0 radical (unpaired) electrons. The van der Waals surface area contributed by atoms with E-state index in [0.29, 0.717) is 16.9 Å². The fourth-order valence-electron chi connectivity index (χ4n) is 4.10. The van der Waals surface area contributed by atoms with Gasteiger partial charge in [-0.3, -0.25) is 19.3 Å². The maximum atomic E-state index is 13.0. The maximum absolute atomic E-state index is 13.0. The lowest BCUT2D eigenvalue weighted by Gasteiger charge is -2.13. The van der Waals surface area contributed by atoms with Crippen LogP contribution in [0.3, 0.4) is 0 Å². The van der Waals surface area contributed by atoms with Crippen molar-refractivity contribution >= 4 is 46.5 Å². The van der Waals surface area contributed by atoms with Gasteiger partial charge in [0.1, 0.15) is 6.54 Å². The molecule has 36 heavy (non-hydrogen) atoms. The highest BCUT2D eigenvalue weighted by Crippen LogP contribution is 2.34. The van der Waals surface area contributed by atoms with Crippen molar-refractivity contribution in [3.05, 3.63) is 87.6 Å². The van der Waals surface area contributed by atoms with E-state index in [9.17, 15) is 19.2 Å². The molecule has 0 unspecified atom stereocenters. The average molecular weight is 504 g/mol. The second kappa shape index (κ2) is 10.2. The minimum absolute atomic E-state index is 0.227. The van der Waals surface area contributed by atoms with Crippen LogP contribution in [0.5, 0.6) is 0 Å². The van der Waals surface area contributed by atoms with E-state index in [0.717, 1.165) is 39.2 Å². The molecule has 184 valence electrons. The van der Waals surface area contributed by atoms with Crippen LogP contribution in [0.1, 0.15) is 32.9 Å². The molecule has 3 aromatic rings. The van der Waals surface area contributed by atoms with Gasteiger partial charge in [0.05, 0.1) is 23.3 Å². The van der Waals surface area contributed by atoms with Crippen molar-refractivity contribution < 1.29 is 23.9 Å². The summed E-state index contributed by atoms with van der Waals surface area (Å²) in [5, 5.41) is 2.21. The average Bonchev–Trinajstić information content (AvgIpc) is 3.27. The van der Waals surface area contributed by atoms with Gasteiger partial charge in [-0.1, -0.05) is 24.3 Å². The molecule has 2 heterocycles. The van der Waals surface area contributed by atoms with E-state index in [4.69, 9.17) is 4.74 Å². The molecule has 9 heteroatoms. The van der Waals surface area contributed by atoms with Crippen molar-refractivity contribution in [3.63, 3.8) is 0 Å². The molecule has 1 N–H and O–H groups in total. The Morgan fingerprint density at radius 1 is 1.03 bits per heavy atom. The summed E-state index contributed by atoms with van der Waals surface area (Å²) >= 11 is 0.794. The summed E-state index contributed by atoms with van der Waals surface area (Å²) in [6, 6.07) is 16.2. The number of nitrogens with zero attached hydrogens (tertiary/aromatic N) is 2. The number of hydrogen-bond acceptors (Lipinski definition) is 6. The number of hydrogen-bond donors (Lipinski definition) is 1. The third-order valence-corrected chi connectivity index (χ3v) is 6.69. The van der Waals surface area contributed by atoms with Crippen molar-refractivity contribution in [2.75, 3.05) is 19.0 Å². The normalized spacial score (nSPS) is 14.4. The fourth-order valence-corrected chi connectivity index (χ4v) is 4.93. The zero-order chi connectivity index (χ0) is 26.0. The second-order valence-corrected chi connectivity index (χ2v) is 9.35. The Morgan fingerprint density at radius 2 is 1.78 bits per heavy atom. The summed E-state index contributed by atoms with van der Waals surface area (Å²) in [4.78, 5) is 51.5. The molecule has 1 aromatic heterocycles. The van der Waals surface area contributed by atoms with Gasteiger partial charge in [-0.05, 0) is 80.1 Å². The van der Waals surface area contributed by atoms with E-state index in [1.54, 1.807) is 30.3 Å². The van der Waals surface area contributed by atoms with Crippen LogP contribution < -0.4 is 5.32 Å². The van der Waals surface area contributed by atoms with Crippen molar-refractivity contribution in [2.24, 2.45) is 0 Å². The zero-order valence-corrected chi connectivity index (χ0v) is 21.1. The first kappa shape index (κ1) is 25.0. The summed E-state index contributed by atoms with van der Waals surface area (Å²) in [5.41, 5.74) is 4.99. The van der Waals surface area contributed by atoms with E-state index in [1.807, 2.05) is 55.7 Å². The Bertz CT molecular complexity index is 1420. The van der Waals surface area contributed by atoms with Gasteiger partial charge in [0, 0.05) is 17.1 Å². The third kappa shape index (κ3) is 4.96. The molecule has 3 amide bonds. The van der Waals surface area contributed by atoms with Gasteiger partial charge in [0.2, 0.25) is 5.91 Å². The van der Waals surface area contributed by atoms with Gasteiger partial charge in [-0.25, -0.2) is 4.79 Å². The number of aromatic nitrogens is 1. The Labute approximate surface area is 212 Å². The Kier molecular flexibility index (Phi) is 7.12. The van der Waals surface area contributed by atoms with Crippen molar-refractivity contribution in [1.82, 2.24) is 9.47 Å². The van der Waals surface area contributed by atoms with Gasteiger partial charge in [-0.2, -0.15) is 0 Å². The molecule has 4 rings (SSSR count). The lowest BCUT2D eigenvalue weighted by Crippen LogP contribution is -2.36. The van der Waals surface area contributed by atoms with Gasteiger partial charge in [-0.15, -0.1) is 0 Å². The summed E-state index contributed by atoms with van der Waals surface area (Å²) < 4.78 is 6.82. The number of esters is 1. The van der Waals surface area contributed by atoms with E-state index < -0.39 is 23.0 Å². The Hall–Kier alpha value is -4.11. The summed E-state index contributed by atoms with van der Waals surface area (Å²) in [6.07, 6.45) is 1.64. The number of aryl methyl sites for hydroxylation is 2. The summed E-state index contributed by atoms with van der Waals surface area (Å²) in [5.74, 6) is -1.43. The van der Waals surface area contributed by atoms with Crippen LogP contribution in [0, 0.1) is 20.8 Å². The number of carbonyl (C=O) groups is 4. The number of methoxy groups -OCH3 is 1. The van der Waals surface area contributed by atoms with Crippen molar-refractivity contribution in [2.45, 2.75) is 20.8 Å². The smallest absolute Gasteiger partial charge is 0.339 e. The van der Waals surface area contributed by atoms with Crippen LogP contribution in [0.2, 0.25) is 0 Å². The van der Waals surface area contributed by atoms with Crippen molar-refractivity contribution in [3.8, 4) is 5.69 Å². The number of rotatable bonds is 6. The molecule has 1 saturated heterocycles. The zero-order valence-electron chi connectivity index (χ0n) is 20.3. The van der Waals surface area contributed by atoms with Gasteiger partial charge in [0.15, 0.2) is 0 Å². The quantitative estimate of drug-likeness (QED) is 0.381. The molecule has 2 aromatic carbocycles. The first-order valence-corrected chi connectivity index (χ1v) is 12.0. The van der Waals surface area contributed by atoms with Crippen LogP contribution >= 0.6 is 11.8 Å². The maximum Gasteiger partial charge on any atom is 0.339 e. The highest BCUT2D eigenvalue weighted by Gasteiger charge is 2.36. The SMILES string of the molecule is COC(=O)c1ccccc1-n1c(C)cc(/C=C2/SC(=O)N(CC(=O)Nc3cccc(C)c3)C2=O)c1C. The minimum atomic E-state index is -0.524. The topological polar surface area (TPSA) is 97.7 Å². The number of nitrogens with one attached hydrogen (secondary N) is 1. The third-order valence-electron chi connectivity index (χ3n) is 5.78. The van der Waals surface area contributed by atoms with E-state index in [2.05, 4.69) is 5.32 Å². The highest BCUT2D eigenvalue weighted by molar-refractivity contribution is 8.18. The summed E-state index contributed by atoms with van der Waals surface area (Å²) in [7, 11) is 1.33. The molecule has 1 aliphatic rings. The molecule has 0 aliphatic carbocycles. The molecule has 8 nitrogen and oxygen atoms in total. The van der Waals surface area contributed by atoms with Gasteiger partial charge in [0.25, 0.3) is 11.1 Å². The number of imide groups is 1. The molecular formula is C27H25N3O5S. The molecule has 0 atom stereocenters. The molecular weight excluding hydrogens is 478 g/mol. The fraction of sp³-hybridized carbons (Fsp3) is 0.185. The molecule has 1 aliphatic heterocycles. The molecule has 0 saturated carbocycles. The Morgan fingerprint density at radius 3 is 2.50 bits per heavy atom. The largest absolute Gasteiger partial charge is 0.465 e. The monoisotopic (exact) mass is 503 g/mol. The van der Waals surface area contributed by atoms with Gasteiger partial charge >= 0.3 is 5.97 Å². The minimum Gasteiger partial charge on any atom is -0.465 e. The number of thioether (sulfide) groups is 1. The molecule has 1 fully saturated rings. The highest BCUT2D eigenvalue weighted by atomic mass is 32.2. The first-order chi connectivity index (χ1) is 17.2. The molecule has 0 bridgehead atoms. The number of ether oxygens (including phenoxy) is 1. The predicted octanol–water partition coefficient (Wildman–Crippen LogP) is 4.86. The van der Waals surface area contributed by atoms with Crippen LogP contribution in [-0.2, 0) is 14.3 Å². The van der Waals surface area contributed by atoms with E-state index in [1.165, 1.54) is 7.11 Å². The standard InChI is InChI=1S/C27H25N3O5S/c1-16-8-7-9-20(12-16)28-24(31)15-29-25(32)23(36-27(29)34)14-19-13-17(2)30(18(19)3)22-11-6-5-10-21(22)26(33)35-4/h5-14H,15H2,1-4H3,(H,28,31)/b23-14+. The summed E-state index contributed by atoms with van der Waals surface area (Å²) in [6.45, 7) is 5.29. The lowest BCUT2D eigenvalue weighted by molar-refractivity contribution is -0.127. The number of carbonyl (C=O) groups excluding carboxylic acids is 4. The lowest BCUT2D eigenvalue weighted by atomic mass is 10.1.